The van der Waals surface area contributed by atoms with Gasteiger partial charge in [0.05, 0.1) is 0 Å². The molecule has 0 radical (unpaired) electrons. The van der Waals surface area contributed by atoms with Crippen molar-refractivity contribution in [2.75, 3.05) is 18.4 Å². The Labute approximate surface area is 114 Å². The van der Waals surface area contributed by atoms with Crippen LogP contribution in [0.25, 0.3) is 0 Å². The van der Waals surface area contributed by atoms with Crippen molar-refractivity contribution in [1.29, 1.82) is 0 Å². The first-order chi connectivity index (χ1) is 8.70. The van der Waals surface area contributed by atoms with Crippen LogP contribution in [0.1, 0.15) is 45.7 Å². The molecule has 1 fully saturated rings. The summed E-state index contributed by atoms with van der Waals surface area (Å²) in [4.78, 5) is 2.58. The van der Waals surface area contributed by atoms with Crippen LogP contribution in [0.2, 0.25) is 0 Å². The average molecular weight is 268 g/mol. The van der Waals surface area contributed by atoms with Gasteiger partial charge in [0, 0.05) is 30.7 Å². The van der Waals surface area contributed by atoms with E-state index in [4.69, 9.17) is 0 Å². The van der Waals surface area contributed by atoms with E-state index < -0.39 is 0 Å². The fraction of sp³-hybridized carbons (Fsp3) is 0.846. The molecule has 0 bridgehead atoms. The van der Waals surface area contributed by atoms with Crippen molar-refractivity contribution >= 4 is 16.5 Å². The lowest BCUT2D eigenvalue weighted by molar-refractivity contribution is 0.237. The monoisotopic (exact) mass is 268 g/mol. The zero-order chi connectivity index (χ0) is 13.0. The van der Waals surface area contributed by atoms with Gasteiger partial charge >= 0.3 is 0 Å². The highest BCUT2D eigenvalue weighted by Crippen LogP contribution is 2.30. The summed E-state index contributed by atoms with van der Waals surface area (Å²) < 4.78 is 4.07. The molecule has 1 aliphatic rings. The van der Waals surface area contributed by atoms with Crippen molar-refractivity contribution in [1.82, 2.24) is 14.5 Å². The zero-order valence-electron chi connectivity index (χ0n) is 11.6. The third-order valence-electron chi connectivity index (χ3n) is 3.30. The number of hydrogen-bond donors (Lipinski definition) is 1. The van der Waals surface area contributed by atoms with Gasteiger partial charge < -0.3 is 5.32 Å². The Morgan fingerprint density at radius 1 is 1.44 bits per heavy atom. The van der Waals surface area contributed by atoms with Gasteiger partial charge in [0.15, 0.2) is 0 Å². The third-order valence-corrected chi connectivity index (χ3v) is 4.03. The predicted molar refractivity (Wildman–Crippen MR) is 77.0 cm³/mol. The molecule has 18 heavy (non-hydrogen) atoms. The van der Waals surface area contributed by atoms with Gasteiger partial charge in [-0.05, 0) is 38.6 Å². The highest BCUT2D eigenvalue weighted by molar-refractivity contribution is 7.10. The van der Waals surface area contributed by atoms with Crippen LogP contribution in [0.5, 0.6) is 0 Å². The number of nitrogens with zero attached hydrogens (tertiary/aromatic N) is 3. The van der Waals surface area contributed by atoms with E-state index in [1.165, 1.54) is 37.3 Å². The molecule has 0 unspecified atom stereocenters. The summed E-state index contributed by atoms with van der Waals surface area (Å²) >= 11 is 1.47. The highest BCUT2D eigenvalue weighted by atomic mass is 32.1. The molecule has 1 aromatic heterocycles. The molecule has 5 heteroatoms. The Bertz CT molecular complexity index is 360. The normalized spacial score (nSPS) is 15.6. The second-order valence-corrected chi connectivity index (χ2v) is 6.22. The van der Waals surface area contributed by atoms with Crippen LogP contribution in [0.3, 0.4) is 0 Å². The summed E-state index contributed by atoms with van der Waals surface area (Å²) in [6, 6.07) is 0.792. The van der Waals surface area contributed by atoms with Crippen LogP contribution >= 0.6 is 11.5 Å². The van der Waals surface area contributed by atoms with Gasteiger partial charge in [0.25, 0.3) is 0 Å². The second-order valence-electron chi connectivity index (χ2n) is 5.46. The maximum absolute atomic E-state index is 4.28. The molecule has 0 spiro atoms. The third kappa shape index (κ3) is 3.92. The summed E-state index contributed by atoms with van der Waals surface area (Å²) in [6.07, 6.45) is 3.98. The average Bonchev–Trinajstić information content (AvgIpc) is 3.08. The molecular weight excluding hydrogens is 244 g/mol. The minimum atomic E-state index is 0.771. The molecule has 2 rings (SSSR count). The second kappa shape index (κ2) is 6.48. The fourth-order valence-corrected chi connectivity index (χ4v) is 2.69. The zero-order valence-corrected chi connectivity index (χ0v) is 12.5. The first-order valence-corrected chi connectivity index (χ1v) is 7.77. The van der Waals surface area contributed by atoms with E-state index in [0.717, 1.165) is 35.7 Å². The Morgan fingerprint density at radius 2 is 2.22 bits per heavy atom. The van der Waals surface area contributed by atoms with E-state index in [9.17, 15) is 0 Å². The molecule has 0 aromatic carbocycles. The summed E-state index contributed by atoms with van der Waals surface area (Å²) in [5, 5.41) is 8.77. The van der Waals surface area contributed by atoms with Gasteiger partial charge in [-0.1, -0.05) is 18.3 Å². The van der Waals surface area contributed by atoms with Crippen molar-refractivity contribution in [3.05, 3.63) is 5.69 Å². The number of hydrogen-bond acceptors (Lipinski definition) is 5. The molecule has 1 heterocycles. The van der Waals surface area contributed by atoms with E-state index in [2.05, 4.69) is 40.6 Å². The molecule has 0 atom stereocenters. The maximum Gasteiger partial charge on any atom is 0.134 e. The Balaban J connectivity index is 1.92. The van der Waals surface area contributed by atoms with Gasteiger partial charge in [0.2, 0.25) is 0 Å². The number of nitrogens with one attached hydrogen (secondary N) is 1. The van der Waals surface area contributed by atoms with Crippen molar-refractivity contribution in [2.24, 2.45) is 5.92 Å². The molecule has 1 aromatic rings. The molecule has 0 aliphatic heterocycles. The van der Waals surface area contributed by atoms with Crippen molar-refractivity contribution in [3.63, 3.8) is 0 Å². The largest absolute Gasteiger partial charge is 0.374 e. The Morgan fingerprint density at radius 3 is 2.83 bits per heavy atom. The van der Waals surface area contributed by atoms with E-state index in [1.54, 1.807) is 0 Å². The molecule has 0 saturated heterocycles. The lowest BCUT2D eigenvalue weighted by atomic mass is 10.1. The van der Waals surface area contributed by atoms with Crippen LogP contribution in [0.4, 0.5) is 5.00 Å². The smallest absolute Gasteiger partial charge is 0.134 e. The van der Waals surface area contributed by atoms with Gasteiger partial charge in [-0.2, -0.15) is 0 Å². The van der Waals surface area contributed by atoms with Crippen LogP contribution in [0.15, 0.2) is 0 Å². The first-order valence-electron chi connectivity index (χ1n) is 6.99. The topological polar surface area (TPSA) is 41.1 Å². The number of aromatic nitrogens is 2. The van der Waals surface area contributed by atoms with E-state index in [0.29, 0.717) is 0 Å². The summed E-state index contributed by atoms with van der Waals surface area (Å²) in [5.41, 5.74) is 1.12. The minimum Gasteiger partial charge on any atom is -0.374 e. The predicted octanol–water partition coefficient (Wildman–Crippen LogP) is 2.98. The van der Waals surface area contributed by atoms with Crippen molar-refractivity contribution < 1.29 is 0 Å². The lowest BCUT2D eigenvalue weighted by Gasteiger charge is -2.22. The molecule has 1 saturated carbocycles. The van der Waals surface area contributed by atoms with E-state index in [1.807, 2.05) is 0 Å². The Kier molecular flexibility index (Phi) is 4.95. The highest BCUT2D eigenvalue weighted by Gasteiger charge is 2.29. The van der Waals surface area contributed by atoms with Gasteiger partial charge in [-0.15, -0.1) is 5.10 Å². The van der Waals surface area contributed by atoms with Crippen molar-refractivity contribution in [2.45, 2.75) is 52.6 Å². The maximum atomic E-state index is 4.28. The van der Waals surface area contributed by atoms with E-state index in [-0.39, 0.29) is 0 Å². The molecule has 0 amide bonds. The summed E-state index contributed by atoms with van der Waals surface area (Å²) in [6.45, 7) is 9.77. The minimum absolute atomic E-state index is 0.771. The molecule has 1 N–H and O–H groups in total. The SMILES string of the molecule is CCNc1snnc1CN(CCC(C)C)C1CC1. The van der Waals surface area contributed by atoms with Gasteiger partial charge in [-0.3, -0.25) is 4.90 Å². The summed E-state index contributed by atoms with van der Waals surface area (Å²) in [7, 11) is 0. The Hall–Kier alpha value is -0.680. The van der Waals surface area contributed by atoms with Gasteiger partial charge in [0.1, 0.15) is 10.7 Å². The van der Waals surface area contributed by atoms with Crippen LogP contribution in [-0.2, 0) is 6.54 Å². The summed E-state index contributed by atoms with van der Waals surface area (Å²) in [5.74, 6) is 0.771. The quantitative estimate of drug-likeness (QED) is 0.787. The molecular formula is C13H24N4S. The van der Waals surface area contributed by atoms with Crippen LogP contribution < -0.4 is 5.32 Å². The first kappa shape index (κ1) is 13.7. The lowest BCUT2D eigenvalue weighted by Crippen LogP contribution is -2.28. The number of anilines is 1. The van der Waals surface area contributed by atoms with Crippen LogP contribution in [0, 0.1) is 5.92 Å². The molecule has 1 aliphatic carbocycles. The van der Waals surface area contributed by atoms with Gasteiger partial charge in [-0.25, -0.2) is 0 Å². The van der Waals surface area contributed by atoms with E-state index >= 15 is 0 Å². The number of rotatable bonds is 8. The van der Waals surface area contributed by atoms with Crippen LogP contribution in [-0.4, -0.2) is 33.6 Å². The van der Waals surface area contributed by atoms with Crippen molar-refractivity contribution in [3.8, 4) is 0 Å². The fourth-order valence-electron chi connectivity index (χ4n) is 2.05. The molecule has 102 valence electrons. The molecule has 4 nitrogen and oxygen atoms in total. The standard InChI is InChI=1S/C13H24N4S/c1-4-14-13-12(15-16-18-13)9-17(11-5-6-11)8-7-10(2)3/h10-11,14H,4-9H2,1-3H3.